The molecule has 0 amide bonds. The molecule has 15 heavy (non-hydrogen) atoms. The van der Waals surface area contributed by atoms with Crippen molar-refractivity contribution >= 4 is 33.5 Å². The van der Waals surface area contributed by atoms with Crippen molar-refractivity contribution in [3.63, 3.8) is 0 Å². The molecule has 1 rings (SSSR count). The van der Waals surface area contributed by atoms with Crippen molar-refractivity contribution in [2.45, 2.75) is 6.92 Å². The summed E-state index contributed by atoms with van der Waals surface area (Å²) in [6, 6.07) is 2.06. The number of halogens is 1. The molecular weight excluding hydrogens is 272 g/mol. The lowest BCUT2D eigenvalue weighted by atomic mass is 10.3. The van der Waals surface area contributed by atoms with Gasteiger partial charge in [-0.15, -0.1) is 6.58 Å². The molecule has 1 aromatic rings. The summed E-state index contributed by atoms with van der Waals surface area (Å²) in [5.41, 5.74) is 1.16. The number of nitrogens with one attached hydrogen (secondary N) is 1. The van der Waals surface area contributed by atoms with Crippen LogP contribution in [0.15, 0.2) is 29.4 Å². The van der Waals surface area contributed by atoms with Gasteiger partial charge in [0, 0.05) is 28.7 Å². The fraction of sp³-hybridized carbons (Fsp3) is 0.364. The van der Waals surface area contributed by atoms with E-state index in [1.54, 1.807) is 0 Å². The van der Waals surface area contributed by atoms with Crippen LogP contribution < -0.4 is 5.32 Å². The molecule has 0 aliphatic rings. The molecule has 0 fully saturated rings. The zero-order valence-corrected chi connectivity index (χ0v) is 11.2. The van der Waals surface area contributed by atoms with Gasteiger partial charge in [-0.25, -0.2) is 4.98 Å². The number of aromatic nitrogens is 1. The van der Waals surface area contributed by atoms with Crippen molar-refractivity contribution in [1.29, 1.82) is 0 Å². The first-order valence-corrected chi connectivity index (χ1v) is 6.73. The van der Waals surface area contributed by atoms with Gasteiger partial charge in [0.05, 0.1) is 0 Å². The molecule has 0 saturated carbocycles. The van der Waals surface area contributed by atoms with Crippen LogP contribution >= 0.6 is 27.7 Å². The highest BCUT2D eigenvalue weighted by Gasteiger charge is 1.99. The Morgan fingerprint density at radius 3 is 3.13 bits per heavy atom. The van der Waals surface area contributed by atoms with E-state index in [0.717, 1.165) is 33.9 Å². The lowest BCUT2D eigenvalue weighted by molar-refractivity contribution is 1.14. The highest BCUT2D eigenvalue weighted by molar-refractivity contribution is 9.10. The second kappa shape index (κ2) is 6.90. The van der Waals surface area contributed by atoms with Gasteiger partial charge >= 0.3 is 0 Å². The Bertz CT molecular complexity index is 328. The van der Waals surface area contributed by atoms with Crippen LogP contribution in [0.3, 0.4) is 0 Å². The maximum Gasteiger partial charge on any atom is 0.128 e. The van der Waals surface area contributed by atoms with Crippen LogP contribution in [0.25, 0.3) is 0 Å². The lowest BCUT2D eigenvalue weighted by Gasteiger charge is -2.07. The van der Waals surface area contributed by atoms with Gasteiger partial charge in [-0.3, -0.25) is 0 Å². The monoisotopic (exact) mass is 286 g/mol. The highest BCUT2D eigenvalue weighted by Crippen LogP contribution is 2.16. The largest absolute Gasteiger partial charge is 0.369 e. The first kappa shape index (κ1) is 12.6. The summed E-state index contributed by atoms with van der Waals surface area (Å²) in [6.07, 6.45) is 3.74. The van der Waals surface area contributed by atoms with Gasteiger partial charge in [0.1, 0.15) is 5.82 Å². The normalized spacial score (nSPS) is 10.0. The van der Waals surface area contributed by atoms with Gasteiger partial charge in [0.25, 0.3) is 0 Å². The molecule has 0 saturated heterocycles. The minimum Gasteiger partial charge on any atom is -0.369 e. The first-order valence-electron chi connectivity index (χ1n) is 4.78. The number of nitrogens with zero attached hydrogens (tertiary/aromatic N) is 1. The Labute approximate surface area is 104 Å². The van der Waals surface area contributed by atoms with Crippen molar-refractivity contribution in [3.05, 3.63) is 35.0 Å². The van der Waals surface area contributed by atoms with E-state index in [0.29, 0.717) is 0 Å². The van der Waals surface area contributed by atoms with Crippen molar-refractivity contribution in [2.75, 3.05) is 23.4 Å². The van der Waals surface area contributed by atoms with Gasteiger partial charge in [-0.2, -0.15) is 11.8 Å². The van der Waals surface area contributed by atoms with Crippen LogP contribution in [0.4, 0.5) is 5.82 Å². The Balaban J connectivity index is 2.34. The Morgan fingerprint density at radius 1 is 1.67 bits per heavy atom. The molecule has 82 valence electrons. The molecule has 0 radical (unpaired) electrons. The minimum absolute atomic E-state index is 0.938. The van der Waals surface area contributed by atoms with Crippen molar-refractivity contribution in [2.24, 2.45) is 0 Å². The summed E-state index contributed by atoms with van der Waals surface area (Å²) in [5.74, 6) is 3.05. The van der Waals surface area contributed by atoms with E-state index in [2.05, 4.69) is 45.8 Å². The third-order valence-corrected chi connectivity index (χ3v) is 3.22. The molecule has 1 heterocycles. The fourth-order valence-corrected chi connectivity index (χ4v) is 2.16. The molecular formula is C11H15BrN2S. The fourth-order valence-electron chi connectivity index (χ4n) is 1.13. The van der Waals surface area contributed by atoms with Crippen LogP contribution in [0.2, 0.25) is 0 Å². The second-order valence-corrected chi connectivity index (χ2v) is 5.17. The summed E-state index contributed by atoms with van der Waals surface area (Å²) in [4.78, 5) is 4.31. The minimum atomic E-state index is 0.938. The maximum absolute atomic E-state index is 4.31. The van der Waals surface area contributed by atoms with Gasteiger partial charge in [-0.05, 0) is 34.5 Å². The zero-order valence-electron chi connectivity index (χ0n) is 8.79. The summed E-state index contributed by atoms with van der Waals surface area (Å²) in [6.45, 7) is 6.67. The predicted molar refractivity (Wildman–Crippen MR) is 72.7 cm³/mol. The van der Waals surface area contributed by atoms with Crippen molar-refractivity contribution < 1.29 is 0 Å². The third kappa shape index (κ3) is 4.71. The lowest BCUT2D eigenvalue weighted by Crippen LogP contribution is -2.07. The molecule has 0 unspecified atom stereocenters. The van der Waals surface area contributed by atoms with Crippen LogP contribution in [0.5, 0.6) is 0 Å². The van der Waals surface area contributed by atoms with E-state index in [1.165, 1.54) is 0 Å². The van der Waals surface area contributed by atoms with Gasteiger partial charge in [-0.1, -0.05) is 6.08 Å². The standard InChI is InChI=1S/C11H15BrN2S/c1-3-5-15-6-4-13-11-9(2)7-10(12)8-14-11/h3,7-8H,1,4-6H2,2H3,(H,13,14). The molecule has 0 bridgehead atoms. The van der Waals surface area contributed by atoms with Crippen LogP contribution in [-0.4, -0.2) is 23.0 Å². The van der Waals surface area contributed by atoms with Gasteiger partial charge < -0.3 is 5.32 Å². The van der Waals surface area contributed by atoms with Crippen molar-refractivity contribution in [1.82, 2.24) is 4.98 Å². The Hall–Kier alpha value is -0.480. The zero-order chi connectivity index (χ0) is 11.1. The first-order chi connectivity index (χ1) is 7.24. The van der Waals surface area contributed by atoms with E-state index in [4.69, 9.17) is 0 Å². The highest BCUT2D eigenvalue weighted by atomic mass is 79.9. The van der Waals surface area contributed by atoms with E-state index < -0.39 is 0 Å². The Kier molecular flexibility index (Phi) is 5.79. The summed E-state index contributed by atoms with van der Waals surface area (Å²) in [5, 5.41) is 3.31. The number of rotatable bonds is 6. The van der Waals surface area contributed by atoms with Crippen LogP contribution in [0.1, 0.15) is 5.56 Å². The number of thioether (sulfide) groups is 1. The average molecular weight is 287 g/mol. The summed E-state index contributed by atoms with van der Waals surface area (Å²) in [7, 11) is 0. The molecule has 0 spiro atoms. The molecule has 0 atom stereocenters. The van der Waals surface area contributed by atoms with E-state index in [9.17, 15) is 0 Å². The smallest absolute Gasteiger partial charge is 0.128 e. The topological polar surface area (TPSA) is 24.9 Å². The number of aryl methyl sites for hydroxylation is 1. The number of pyridine rings is 1. The van der Waals surface area contributed by atoms with Crippen LogP contribution in [0, 0.1) is 6.92 Å². The maximum atomic E-state index is 4.31. The average Bonchev–Trinajstić information content (AvgIpc) is 2.20. The summed E-state index contributed by atoms with van der Waals surface area (Å²) < 4.78 is 1.02. The molecule has 1 N–H and O–H groups in total. The molecule has 0 aromatic carbocycles. The van der Waals surface area contributed by atoms with Gasteiger partial charge in [0.2, 0.25) is 0 Å². The molecule has 0 aliphatic carbocycles. The molecule has 0 aliphatic heterocycles. The molecule has 4 heteroatoms. The van der Waals surface area contributed by atoms with E-state index in [-0.39, 0.29) is 0 Å². The Morgan fingerprint density at radius 2 is 2.47 bits per heavy atom. The van der Waals surface area contributed by atoms with Gasteiger partial charge in [0.15, 0.2) is 0 Å². The molecule has 2 nitrogen and oxygen atoms in total. The number of hydrogen-bond acceptors (Lipinski definition) is 3. The SMILES string of the molecule is C=CCSCCNc1ncc(Br)cc1C. The van der Waals surface area contributed by atoms with E-state index in [1.807, 2.05) is 24.0 Å². The number of hydrogen-bond donors (Lipinski definition) is 1. The quantitative estimate of drug-likeness (QED) is 0.640. The second-order valence-electron chi connectivity index (χ2n) is 3.11. The molecule has 1 aromatic heterocycles. The predicted octanol–water partition coefficient (Wildman–Crippen LogP) is 3.48. The number of anilines is 1. The van der Waals surface area contributed by atoms with E-state index >= 15 is 0 Å². The van der Waals surface area contributed by atoms with Crippen LogP contribution in [-0.2, 0) is 0 Å². The summed E-state index contributed by atoms with van der Waals surface area (Å²) >= 11 is 5.26. The van der Waals surface area contributed by atoms with Crippen molar-refractivity contribution in [3.8, 4) is 0 Å². The third-order valence-electron chi connectivity index (χ3n) is 1.82.